The van der Waals surface area contributed by atoms with E-state index in [1.165, 1.54) is 0 Å². The lowest BCUT2D eigenvalue weighted by Crippen LogP contribution is -2.36. The van der Waals surface area contributed by atoms with Crippen molar-refractivity contribution in [3.8, 4) is 0 Å². The van der Waals surface area contributed by atoms with Crippen LogP contribution in [0.2, 0.25) is 5.02 Å². The molecule has 1 atom stereocenters. The first-order chi connectivity index (χ1) is 9.11. The second-order valence-corrected chi connectivity index (χ2v) is 5.06. The van der Waals surface area contributed by atoms with Crippen LogP contribution in [0.15, 0.2) is 24.3 Å². The van der Waals surface area contributed by atoms with Crippen molar-refractivity contribution in [1.82, 2.24) is 10.2 Å². The molecule has 1 aromatic carbocycles. The average Bonchev–Trinajstić information content (AvgIpc) is 2.84. The number of hydrogen-bond acceptors (Lipinski definition) is 2. The van der Waals surface area contributed by atoms with E-state index >= 15 is 0 Å². The molecular formula is C14H17ClN2O2. The zero-order chi connectivity index (χ0) is 13.8. The van der Waals surface area contributed by atoms with Crippen LogP contribution < -0.4 is 5.32 Å². The van der Waals surface area contributed by atoms with E-state index in [1.807, 2.05) is 31.2 Å². The van der Waals surface area contributed by atoms with Gasteiger partial charge in [-0.05, 0) is 18.6 Å². The minimum atomic E-state index is -0.241. The monoisotopic (exact) mass is 280 g/mol. The fourth-order valence-electron chi connectivity index (χ4n) is 2.22. The normalized spacial score (nSPS) is 18.2. The number of amides is 2. The Labute approximate surface area is 117 Å². The van der Waals surface area contributed by atoms with Gasteiger partial charge in [0, 0.05) is 31.1 Å². The summed E-state index contributed by atoms with van der Waals surface area (Å²) in [6.07, 6.45) is 0.290. The average molecular weight is 281 g/mol. The SMILES string of the molecule is CCN(Cc1ccccc1Cl)C(=O)C1CNC(=O)C1. The summed E-state index contributed by atoms with van der Waals surface area (Å²) in [6.45, 7) is 3.46. The standard InChI is InChI=1S/C14H17ClN2O2/c1-2-17(9-10-5-3-4-6-12(10)15)14(19)11-7-13(18)16-8-11/h3-6,11H,2,7-9H2,1H3,(H,16,18). The topological polar surface area (TPSA) is 49.4 Å². The van der Waals surface area contributed by atoms with Crippen LogP contribution in [-0.2, 0) is 16.1 Å². The Morgan fingerprint density at radius 2 is 2.21 bits per heavy atom. The fraction of sp³-hybridized carbons (Fsp3) is 0.429. The van der Waals surface area contributed by atoms with Crippen LogP contribution in [0.25, 0.3) is 0 Å². The largest absolute Gasteiger partial charge is 0.355 e. The molecular weight excluding hydrogens is 264 g/mol. The number of nitrogens with one attached hydrogen (secondary N) is 1. The Morgan fingerprint density at radius 1 is 1.47 bits per heavy atom. The van der Waals surface area contributed by atoms with E-state index in [-0.39, 0.29) is 24.2 Å². The molecule has 0 spiro atoms. The summed E-state index contributed by atoms with van der Waals surface area (Å²) in [4.78, 5) is 25.2. The minimum Gasteiger partial charge on any atom is -0.355 e. The van der Waals surface area contributed by atoms with Crippen LogP contribution in [0.5, 0.6) is 0 Å². The smallest absolute Gasteiger partial charge is 0.228 e. The molecule has 1 saturated heterocycles. The van der Waals surface area contributed by atoms with Gasteiger partial charge in [-0.1, -0.05) is 29.8 Å². The predicted octanol–water partition coefficient (Wildman–Crippen LogP) is 1.82. The van der Waals surface area contributed by atoms with Gasteiger partial charge < -0.3 is 10.2 Å². The number of carbonyl (C=O) groups excluding carboxylic acids is 2. The number of carbonyl (C=O) groups is 2. The second-order valence-electron chi connectivity index (χ2n) is 4.65. The van der Waals surface area contributed by atoms with Gasteiger partial charge in [0.2, 0.25) is 11.8 Å². The molecule has 0 saturated carbocycles. The zero-order valence-electron chi connectivity index (χ0n) is 10.9. The Kier molecular flexibility index (Phi) is 4.43. The maximum absolute atomic E-state index is 12.3. The van der Waals surface area contributed by atoms with Gasteiger partial charge in [0.05, 0.1) is 5.92 Å². The number of nitrogens with zero attached hydrogens (tertiary/aromatic N) is 1. The van der Waals surface area contributed by atoms with Gasteiger partial charge in [0.25, 0.3) is 0 Å². The highest BCUT2D eigenvalue weighted by Gasteiger charge is 2.30. The van der Waals surface area contributed by atoms with Crippen molar-refractivity contribution in [1.29, 1.82) is 0 Å². The van der Waals surface area contributed by atoms with Crippen molar-refractivity contribution < 1.29 is 9.59 Å². The van der Waals surface area contributed by atoms with E-state index in [0.717, 1.165) is 5.56 Å². The lowest BCUT2D eigenvalue weighted by atomic mass is 10.1. The summed E-state index contributed by atoms with van der Waals surface area (Å²) in [6, 6.07) is 7.50. The van der Waals surface area contributed by atoms with Crippen LogP contribution in [0.3, 0.4) is 0 Å². The fourth-order valence-corrected chi connectivity index (χ4v) is 2.41. The summed E-state index contributed by atoms with van der Waals surface area (Å²) in [5.74, 6) is -0.275. The number of hydrogen-bond donors (Lipinski definition) is 1. The van der Waals surface area contributed by atoms with E-state index in [4.69, 9.17) is 11.6 Å². The van der Waals surface area contributed by atoms with Gasteiger partial charge in [-0.2, -0.15) is 0 Å². The van der Waals surface area contributed by atoms with E-state index in [0.29, 0.717) is 24.7 Å². The van der Waals surface area contributed by atoms with Crippen molar-refractivity contribution in [3.05, 3.63) is 34.9 Å². The molecule has 5 heteroatoms. The second kappa shape index (κ2) is 6.06. The third-order valence-corrected chi connectivity index (χ3v) is 3.71. The summed E-state index contributed by atoms with van der Waals surface area (Å²) in [5.41, 5.74) is 0.927. The molecule has 1 aliphatic heterocycles. The first kappa shape index (κ1) is 13.9. The highest BCUT2D eigenvalue weighted by Crippen LogP contribution is 2.19. The molecule has 0 aliphatic carbocycles. The third-order valence-electron chi connectivity index (χ3n) is 3.34. The molecule has 0 radical (unpaired) electrons. The molecule has 1 N–H and O–H groups in total. The van der Waals surface area contributed by atoms with Crippen LogP contribution in [-0.4, -0.2) is 29.8 Å². The highest BCUT2D eigenvalue weighted by atomic mass is 35.5. The Hall–Kier alpha value is -1.55. The van der Waals surface area contributed by atoms with Crippen LogP contribution in [0.1, 0.15) is 18.9 Å². The van der Waals surface area contributed by atoms with Gasteiger partial charge in [0.1, 0.15) is 0 Å². The van der Waals surface area contributed by atoms with E-state index in [1.54, 1.807) is 4.90 Å². The number of halogens is 1. The van der Waals surface area contributed by atoms with Crippen molar-refractivity contribution in [2.75, 3.05) is 13.1 Å². The molecule has 102 valence electrons. The van der Waals surface area contributed by atoms with Gasteiger partial charge in [0.15, 0.2) is 0 Å². The van der Waals surface area contributed by atoms with Gasteiger partial charge in [-0.3, -0.25) is 9.59 Å². The molecule has 1 aromatic rings. The van der Waals surface area contributed by atoms with Crippen LogP contribution in [0, 0.1) is 5.92 Å². The third kappa shape index (κ3) is 3.26. The highest BCUT2D eigenvalue weighted by molar-refractivity contribution is 6.31. The molecule has 4 nitrogen and oxygen atoms in total. The molecule has 19 heavy (non-hydrogen) atoms. The van der Waals surface area contributed by atoms with E-state index < -0.39 is 0 Å². The number of rotatable bonds is 4. The van der Waals surface area contributed by atoms with Crippen molar-refractivity contribution in [2.45, 2.75) is 19.9 Å². The minimum absolute atomic E-state index is 0.0146. The Balaban J connectivity index is 2.06. The predicted molar refractivity (Wildman–Crippen MR) is 73.7 cm³/mol. The van der Waals surface area contributed by atoms with Crippen LogP contribution in [0.4, 0.5) is 0 Å². The molecule has 2 rings (SSSR count). The molecule has 0 bridgehead atoms. The Bertz CT molecular complexity index is 490. The quantitative estimate of drug-likeness (QED) is 0.915. The van der Waals surface area contributed by atoms with Gasteiger partial charge in [-0.15, -0.1) is 0 Å². The molecule has 1 heterocycles. The van der Waals surface area contributed by atoms with Gasteiger partial charge in [-0.25, -0.2) is 0 Å². The first-order valence-corrected chi connectivity index (χ1v) is 6.78. The van der Waals surface area contributed by atoms with E-state index in [2.05, 4.69) is 5.32 Å². The summed E-state index contributed by atoms with van der Waals surface area (Å²) >= 11 is 6.11. The summed E-state index contributed by atoms with van der Waals surface area (Å²) < 4.78 is 0. The van der Waals surface area contributed by atoms with Crippen molar-refractivity contribution >= 4 is 23.4 Å². The molecule has 1 unspecified atom stereocenters. The van der Waals surface area contributed by atoms with Gasteiger partial charge >= 0.3 is 0 Å². The maximum Gasteiger partial charge on any atom is 0.228 e. The first-order valence-electron chi connectivity index (χ1n) is 6.40. The van der Waals surface area contributed by atoms with Crippen molar-refractivity contribution in [3.63, 3.8) is 0 Å². The summed E-state index contributed by atoms with van der Waals surface area (Å²) in [5, 5.41) is 3.35. The molecule has 1 fully saturated rings. The van der Waals surface area contributed by atoms with E-state index in [9.17, 15) is 9.59 Å². The lowest BCUT2D eigenvalue weighted by Gasteiger charge is -2.24. The maximum atomic E-state index is 12.3. The summed E-state index contributed by atoms with van der Waals surface area (Å²) in [7, 11) is 0. The molecule has 0 aromatic heterocycles. The lowest BCUT2D eigenvalue weighted by molar-refractivity contribution is -0.136. The molecule has 1 aliphatic rings. The molecule has 2 amide bonds. The number of benzene rings is 1. The van der Waals surface area contributed by atoms with Crippen LogP contribution >= 0.6 is 11.6 Å². The Morgan fingerprint density at radius 3 is 2.79 bits per heavy atom. The zero-order valence-corrected chi connectivity index (χ0v) is 11.6. The van der Waals surface area contributed by atoms with Crippen molar-refractivity contribution in [2.24, 2.45) is 5.92 Å².